The summed E-state index contributed by atoms with van der Waals surface area (Å²) in [5, 5.41) is 18.0. The van der Waals surface area contributed by atoms with E-state index >= 15 is 0 Å². The molecule has 102 valence electrons. The fourth-order valence-corrected chi connectivity index (χ4v) is 3.03. The van der Waals surface area contributed by atoms with Crippen molar-refractivity contribution in [1.29, 1.82) is 0 Å². The Morgan fingerprint density at radius 1 is 1.53 bits per heavy atom. The Balaban J connectivity index is 1.74. The van der Waals surface area contributed by atoms with E-state index in [4.69, 9.17) is 5.11 Å². The molecule has 2 aromatic heterocycles. The maximum Gasteiger partial charge on any atom is 0.205 e. The van der Waals surface area contributed by atoms with Gasteiger partial charge in [0, 0.05) is 24.6 Å². The molecule has 0 radical (unpaired) electrons. The standard InChI is InChI=1S/C11H16N6OS/c1-8-12-11(19-14-8)16-4-2-3-10(6-16)17-5-9(7-18)13-15-17/h5,10,18H,2-4,6-7H2,1H3. The van der Waals surface area contributed by atoms with Crippen molar-refractivity contribution >= 4 is 16.7 Å². The molecular formula is C11H16N6OS. The van der Waals surface area contributed by atoms with E-state index in [1.54, 1.807) is 0 Å². The van der Waals surface area contributed by atoms with E-state index < -0.39 is 0 Å². The summed E-state index contributed by atoms with van der Waals surface area (Å²) in [4.78, 5) is 6.68. The number of aryl methyl sites for hydroxylation is 1. The van der Waals surface area contributed by atoms with E-state index in [9.17, 15) is 0 Å². The van der Waals surface area contributed by atoms with Crippen LogP contribution in [0.15, 0.2) is 6.20 Å². The number of piperidine rings is 1. The Hall–Kier alpha value is -1.54. The molecule has 1 N–H and O–H groups in total. The summed E-state index contributed by atoms with van der Waals surface area (Å²) in [5.74, 6) is 0.824. The lowest BCUT2D eigenvalue weighted by molar-refractivity contribution is 0.276. The van der Waals surface area contributed by atoms with Gasteiger partial charge in [0.15, 0.2) is 0 Å². The molecule has 0 amide bonds. The summed E-state index contributed by atoms with van der Waals surface area (Å²) >= 11 is 1.44. The van der Waals surface area contributed by atoms with Crippen LogP contribution < -0.4 is 4.90 Å². The molecule has 1 aliphatic heterocycles. The fraction of sp³-hybridized carbons (Fsp3) is 0.636. The Labute approximate surface area is 115 Å². The maximum atomic E-state index is 9.04. The Morgan fingerprint density at radius 3 is 3.11 bits per heavy atom. The Kier molecular flexibility index (Phi) is 3.43. The van der Waals surface area contributed by atoms with Crippen molar-refractivity contribution in [2.24, 2.45) is 0 Å². The van der Waals surface area contributed by atoms with Crippen LogP contribution in [0.3, 0.4) is 0 Å². The van der Waals surface area contributed by atoms with Crippen molar-refractivity contribution < 1.29 is 5.11 Å². The third-order valence-electron chi connectivity index (χ3n) is 3.28. The van der Waals surface area contributed by atoms with Crippen LogP contribution in [-0.2, 0) is 6.61 Å². The van der Waals surface area contributed by atoms with E-state index in [0.717, 1.165) is 36.9 Å². The van der Waals surface area contributed by atoms with Gasteiger partial charge in [-0.3, -0.25) is 0 Å². The predicted octanol–water partition coefficient (Wildman–Crippen LogP) is 0.772. The van der Waals surface area contributed by atoms with Crippen molar-refractivity contribution in [2.45, 2.75) is 32.4 Å². The number of nitrogens with zero attached hydrogens (tertiary/aromatic N) is 6. The van der Waals surface area contributed by atoms with Crippen molar-refractivity contribution in [3.05, 3.63) is 17.7 Å². The normalized spacial score (nSPS) is 19.9. The summed E-state index contributed by atoms with van der Waals surface area (Å²) in [5.41, 5.74) is 0.615. The van der Waals surface area contributed by atoms with Gasteiger partial charge in [-0.05, 0) is 19.8 Å². The third kappa shape index (κ3) is 2.59. The first-order valence-corrected chi connectivity index (χ1v) is 7.10. The summed E-state index contributed by atoms with van der Waals surface area (Å²) in [6, 6.07) is 0.283. The second-order valence-corrected chi connectivity index (χ2v) is 5.44. The van der Waals surface area contributed by atoms with Gasteiger partial charge in [0.1, 0.15) is 11.5 Å². The summed E-state index contributed by atoms with van der Waals surface area (Å²) in [7, 11) is 0. The highest BCUT2D eigenvalue weighted by Gasteiger charge is 2.24. The van der Waals surface area contributed by atoms with E-state index in [1.165, 1.54) is 11.5 Å². The number of aliphatic hydroxyl groups is 1. The lowest BCUT2D eigenvalue weighted by atomic mass is 10.1. The first-order valence-electron chi connectivity index (χ1n) is 6.33. The highest BCUT2D eigenvalue weighted by Crippen LogP contribution is 2.26. The second kappa shape index (κ2) is 5.22. The van der Waals surface area contributed by atoms with Crippen molar-refractivity contribution in [3.63, 3.8) is 0 Å². The van der Waals surface area contributed by atoms with Crippen LogP contribution in [0.2, 0.25) is 0 Å². The third-order valence-corrected chi connectivity index (χ3v) is 4.15. The van der Waals surface area contributed by atoms with Gasteiger partial charge in [-0.25, -0.2) is 9.67 Å². The van der Waals surface area contributed by atoms with Crippen LogP contribution in [0, 0.1) is 6.92 Å². The van der Waals surface area contributed by atoms with Crippen molar-refractivity contribution in [3.8, 4) is 0 Å². The molecule has 3 rings (SSSR count). The molecule has 8 heteroatoms. The smallest absolute Gasteiger partial charge is 0.205 e. The van der Waals surface area contributed by atoms with Gasteiger partial charge in [-0.2, -0.15) is 4.37 Å². The topological polar surface area (TPSA) is 80.0 Å². The molecule has 3 heterocycles. The quantitative estimate of drug-likeness (QED) is 0.894. The molecule has 1 aliphatic rings. The highest BCUT2D eigenvalue weighted by molar-refractivity contribution is 7.09. The minimum Gasteiger partial charge on any atom is -0.390 e. The van der Waals surface area contributed by atoms with Gasteiger partial charge in [0.25, 0.3) is 0 Å². The Morgan fingerprint density at radius 2 is 2.42 bits per heavy atom. The molecule has 1 atom stereocenters. The lowest BCUT2D eigenvalue weighted by Gasteiger charge is -2.31. The monoisotopic (exact) mass is 280 g/mol. The van der Waals surface area contributed by atoms with Crippen LogP contribution in [0.25, 0.3) is 0 Å². The molecule has 0 aliphatic carbocycles. The predicted molar refractivity (Wildman–Crippen MR) is 71.1 cm³/mol. The summed E-state index contributed by atoms with van der Waals surface area (Å²) < 4.78 is 6.08. The second-order valence-electron chi connectivity index (χ2n) is 4.71. The van der Waals surface area contributed by atoms with Crippen LogP contribution in [0.5, 0.6) is 0 Å². The van der Waals surface area contributed by atoms with E-state index in [0.29, 0.717) is 5.69 Å². The van der Waals surface area contributed by atoms with Crippen LogP contribution in [0.1, 0.15) is 30.4 Å². The van der Waals surface area contributed by atoms with Crippen molar-refractivity contribution in [1.82, 2.24) is 24.4 Å². The number of hydrogen-bond donors (Lipinski definition) is 1. The highest BCUT2D eigenvalue weighted by atomic mass is 32.1. The first-order chi connectivity index (χ1) is 9.26. The number of aliphatic hydroxyl groups excluding tert-OH is 1. The molecule has 1 saturated heterocycles. The molecule has 0 spiro atoms. The lowest BCUT2D eigenvalue weighted by Crippen LogP contribution is -2.36. The maximum absolute atomic E-state index is 9.04. The fourth-order valence-electron chi connectivity index (χ4n) is 2.32. The number of rotatable bonds is 3. The largest absolute Gasteiger partial charge is 0.390 e. The average molecular weight is 280 g/mol. The molecule has 1 unspecified atom stereocenters. The Bertz CT molecular complexity index is 553. The SMILES string of the molecule is Cc1nsc(N2CCCC(n3cc(CO)nn3)C2)n1. The number of hydrogen-bond acceptors (Lipinski definition) is 7. The zero-order valence-corrected chi connectivity index (χ0v) is 11.5. The van der Waals surface area contributed by atoms with Gasteiger partial charge < -0.3 is 10.0 Å². The summed E-state index contributed by atoms with van der Waals surface area (Å²) in [6.45, 7) is 3.72. The van der Waals surface area contributed by atoms with Crippen molar-refractivity contribution in [2.75, 3.05) is 18.0 Å². The van der Waals surface area contributed by atoms with Gasteiger partial charge in [0.05, 0.1) is 18.8 Å². The van der Waals surface area contributed by atoms with E-state index in [-0.39, 0.29) is 12.6 Å². The molecule has 0 bridgehead atoms. The molecule has 2 aromatic rings. The minimum atomic E-state index is -0.0635. The molecule has 7 nitrogen and oxygen atoms in total. The van der Waals surface area contributed by atoms with Gasteiger partial charge in [-0.15, -0.1) is 5.10 Å². The van der Waals surface area contributed by atoms with E-state index in [2.05, 4.69) is 24.6 Å². The zero-order valence-electron chi connectivity index (χ0n) is 10.7. The molecule has 0 aromatic carbocycles. The zero-order chi connectivity index (χ0) is 13.2. The van der Waals surface area contributed by atoms with Crippen LogP contribution >= 0.6 is 11.5 Å². The summed E-state index contributed by atoms with van der Waals surface area (Å²) in [6.07, 6.45) is 3.99. The molecule has 1 fully saturated rings. The van der Waals surface area contributed by atoms with Gasteiger partial charge in [0.2, 0.25) is 5.13 Å². The molecular weight excluding hydrogens is 264 g/mol. The van der Waals surface area contributed by atoms with Gasteiger partial charge >= 0.3 is 0 Å². The van der Waals surface area contributed by atoms with Crippen LogP contribution in [-0.4, -0.2) is 42.5 Å². The number of anilines is 1. The molecule has 19 heavy (non-hydrogen) atoms. The van der Waals surface area contributed by atoms with Gasteiger partial charge in [-0.1, -0.05) is 5.21 Å². The van der Waals surface area contributed by atoms with Crippen LogP contribution in [0.4, 0.5) is 5.13 Å². The molecule has 0 saturated carbocycles. The minimum absolute atomic E-state index is 0.0635. The average Bonchev–Trinajstić information content (AvgIpc) is 3.07. The first kappa shape index (κ1) is 12.5. The van der Waals surface area contributed by atoms with E-state index in [1.807, 2.05) is 17.8 Å². The number of aromatic nitrogens is 5.